The molecule has 21 heavy (non-hydrogen) atoms. The van der Waals surface area contributed by atoms with Gasteiger partial charge < -0.3 is 0 Å². The van der Waals surface area contributed by atoms with Crippen LogP contribution in [0.3, 0.4) is 0 Å². The van der Waals surface area contributed by atoms with Gasteiger partial charge in [-0.05, 0) is 37.0 Å². The van der Waals surface area contributed by atoms with E-state index in [-0.39, 0.29) is 5.82 Å². The van der Waals surface area contributed by atoms with Gasteiger partial charge in [0.1, 0.15) is 5.82 Å². The fourth-order valence-corrected chi connectivity index (χ4v) is 3.47. The molecule has 1 heterocycles. The summed E-state index contributed by atoms with van der Waals surface area (Å²) < 4.78 is 13.1. The topological polar surface area (TPSA) is 6.48 Å². The molecule has 0 amide bonds. The Morgan fingerprint density at radius 2 is 2.00 bits per heavy atom. The number of hydrogen-bond acceptors (Lipinski definition) is 2. The molecule has 0 bridgehead atoms. The van der Waals surface area contributed by atoms with Crippen LogP contribution in [0.15, 0.2) is 30.4 Å². The van der Waals surface area contributed by atoms with Crippen LogP contribution >= 0.6 is 11.6 Å². The lowest BCUT2D eigenvalue weighted by Gasteiger charge is -2.39. The molecule has 1 aromatic rings. The first kappa shape index (κ1) is 15.0. The van der Waals surface area contributed by atoms with Crippen LogP contribution in [0.25, 0.3) is 0 Å². The minimum absolute atomic E-state index is 0.266. The number of allylic oxidation sites excluding steroid dienone is 1. The van der Waals surface area contributed by atoms with Gasteiger partial charge in [0, 0.05) is 43.8 Å². The Kier molecular flexibility index (Phi) is 4.94. The van der Waals surface area contributed by atoms with E-state index in [0.29, 0.717) is 11.1 Å². The van der Waals surface area contributed by atoms with Gasteiger partial charge in [-0.3, -0.25) is 9.80 Å². The number of halogens is 2. The van der Waals surface area contributed by atoms with Gasteiger partial charge in [0.15, 0.2) is 0 Å². The minimum Gasteiger partial charge on any atom is -0.296 e. The van der Waals surface area contributed by atoms with E-state index in [4.69, 9.17) is 11.6 Å². The monoisotopic (exact) mass is 308 g/mol. The Labute approximate surface area is 131 Å². The summed E-state index contributed by atoms with van der Waals surface area (Å²) in [4.78, 5) is 4.99. The van der Waals surface area contributed by atoms with Gasteiger partial charge in [-0.2, -0.15) is 0 Å². The molecule has 4 heteroatoms. The fraction of sp³-hybridized carbons (Fsp3) is 0.529. The first-order valence-corrected chi connectivity index (χ1v) is 8.17. The third-order valence-electron chi connectivity index (χ3n) is 4.51. The molecule has 0 aromatic heterocycles. The van der Waals surface area contributed by atoms with Crippen LogP contribution in [0.5, 0.6) is 0 Å². The maximum atomic E-state index is 13.1. The predicted octanol–water partition coefficient (Wildman–Crippen LogP) is 3.71. The number of benzene rings is 1. The van der Waals surface area contributed by atoms with Gasteiger partial charge in [-0.25, -0.2) is 4.39 Å². The largest absolute Gasteiger partial charge is 0.296 e. The molecule has 1 aromatic carbocycles. The number of nitrogens with zero attached hydrogens (tertiary/aromatic N) is 2. The Morgan fingerprint density at radius 3 is 2.67 bits per heavy atom. The van der Waals surface area contributed by atoms with Crippen molar-refractivity contribution in [2.45, 2.75) is 31.8 Å². The first-order valence-electron chi connectivity index (χ1n) is 7.79. The van der Waals surface area contributed by atoms with E-state index in [1.54, 1.807) is 6.07 Å². The number of piperazine rings is 1. The summed E-state index contributed by atoms with van der Waals surface area (Å²) in [6, 6.07) is 5.33. The molecule has 1 saturated heterocycles. The van der Waals surface area contributed by atoms with Crippen molar-refractivity contribution < 1.29 is 4.39 Å². The van der Waals surface area contributed by atoms with Gasteiger partial charge in [-0.1, -0.05) is 29.8 Å². The van der Waals surface area contributed by atoms with Crippen LogP contribution in [-0.2, 0) is 6.54 Å². The minimum atomic E-state index is -0.266. The van der Waals surface area contributed by atoms with Crippen LogP contribution < -0.4 is 0 Å². The third kappa shape index (κ3) is 3.85. The highest BCUT2D eigenvalue weighted by Gasteiger charge is 2.23. The molecule has 1 aliphatic carbocycles. The van der Waals surface area contributed by atoms with Crippen molar-refractivity contribution in [3.8, 4) is 0 Å². The van der Waals surface area contributed by atoms with Crippen molar-refractivity contribution in [3.05, 3.63) is 46.8 Å². The molecule has 1 unspecified atom stereocenters. The average Bonchev–Trinajstić information content (AvgIpc) is 2.52. The van der Waals surface area contributed by atoms with E-state index in [1.165, 1.54) is 31.4 Å². The lowest BCUT2D eigenvalue weighted by atomic mass is 10.0. The quantitative estimate of drug-likeness (QED) is 0.786. The SMILES string of the molecule is Fc1ccc(CN2CCN(C3C=CCCC3)CC2)c(Cl)c1. The van der Waals surface area contributed by atoms with Gasteiger partial charge in [0.05, 0.1) is 0 Å². The lowest BCUT2D eigenvalue weighted by Crippen LogP contribution is -2.49. The Bertz CT molecular complexity index is 510. The maximum Gasteiger partial charge on any atom is 0.124 e. The van der Waals surface area contributed by atoms with E-state index in [0.717, 1.165) is 38.3 Å². The molecule has 1 atom stereocenters. The van der Waals surface area contributed by atoms with E-state index in [9.17, 15) is 4.39 Å². The molecule has 2 nitrogen and oxygen atoms in total. The Morgan fingerprint density at radius 1 is 1.19 bits per heavy atom. The average molecular weight is 309 g/mol. The number of hydrogen-bond donors (Lipinski definition) is 0. The van der Waals surface area contributed by atoms with E-state index in [2.05, 4.69) is 22.0 Å². The summed E-state index contributed by atoms with van der Waals surface area (Å²) >= 11 is 6.11. The van der Waals surface area contributed by atoms with Crippen LogP contribution in [-0.4, -0.2) is 42.0 Å². The third-order valence-corrected chi connectivity index (χ3v) is 4.87. The van der Waals surface area contributed by atoms with Crippen molar-refractivity contribution in [1.82, 2.24) is 9.80 Å². The first-order chi connectivity index (χ1) is 10.2. The maximum absolute atomic E-state index is 13.1. The molecule has 0 saturated carbocycles. The van der Waals surface area contributed by atoms with Crippen molar-refractivity contribution in [2.75, 3.05) is 26.2 Å². The summed E-state index contributed by atoms with van der Waals surface area (Å²) in [5.41, 5.74) is 1.02. The lowest BCUT2D eigenvalue weighted by molar-refractivity contribution is 0.102. The molecule has 1 aliphatic heterocycles. The van der Waals surface area contributed by atoms with Gasteiger partial charge in [0.2, 0.25) is 0 Å². The molecule has 2 aliphatic rings. The summed E-state index contributed by atoms with van der Waals surface area (Å²) in [6.45, 7) is 5.13. The van der Waals surface area contributed by atoms with Crippen molar-refractivity contribution in [3.63, 3.8) is 0 Å². The molecule has 0 radical (unpaired) electrons. The Hall–Kier alpha value is -0.900. The van der Waals surface area contributed by atoms with Crippen LogP contribution in [0.4, 0.5) is 4.39 Å². The van der Waals surface area contributed by atoms with E-state index < -0.39 is 0 Å². The molecule has 3 rings (SSSR count). The smallest absolute Gasteiger partial charge is 0.124 e. The standard InChI is InChI=1S/C17H22ClFN2/c18-17-12-15(19)7-6-14(17)13-20-8-10-21(11-9-20)16-4-2-1-3-5-16/h2,4,6-7,12,16H,1,3,5,8-11,13H2. The second kappa shape index (κ2) is 6.91. The van der Waals surface area contributed by atoms with Gasteiger partial charge in [0.25, 0.3) is 0 Å². The molecule has 114 valence electrons. The van der Waals surface area contributed by atoms with Crippen LogP contribution in [0.2, 0.25) is 5.02 Å². The summed E-state index contributed by atoms with van der Waals surface area (Å²) in [5, 5.41) is 0.535. The molecule has 1 fully saturated rings. The van der Waals surface area contributed by atoms with Crippen molar-refractivity contribution in [1.29, 1.82) is 0 Å². The van der Waals surface area contributed by atoms with E-state index in [1.807, 2.05) is 0 Å². The molecule has 0 spiro atoms. The highest BCUT2D eigenvalue weighted by Crippen LogP contribution is 2.21. The molecule has 0 N–H and O–H groups in total. The van der Waals surface area contributed by atoms with Gasteiger partial charge in [-0.15, -0.1) is 0 Å². The zero-order chi connectivity index (χ0) is 14.7. The van der Waals surface area contributed by atoms with Crippen molar-refractivity contribution in [2.24, 2.45) is 0 Å². The van der Waals surface area contributed by atoms with Crippen LogP contribution in [0, 0.1) is 5.82 Å². The highest BCUT2D eigenvalue weighted by molar-refractivity contribution is 6.31. The summed E-state index contributed by atoms with van der Waals surface area (Å²) in [6.07, 6.45) is 8.53. The normalized spacial score (nSPS) is 24.4. The van der Waals surface area contributed by atoms with Crippen molar-refractivity contribution >= 4 is 11.6 Å². The van der Waals surface area contributed by atoms with Gasteiger partial charge >= 0.3 is 0 Å². The summed E-state index contributed by atoms with van der Waals surface area (Å²) in [7, 11) is 0. The Balaban J connectivity index is 1.53. The molecular weight excluding hydrogens is 287 g/mol. The van der Waals surface area contributed by atoms with E-state index >= 15 is 0 Å². The second-order valence-electron chi connectivity index (χ2n) is 5.97. The fourth-order valence-electron chi connectivity index (χ4n) is 3.24. The molecular formula is C17H22ClFN2. The second-order valence-corrected chi connectivity index (χ2v) is 6.38. The number of rotatable bonds is 3. The predicted molar refractivity (Wildman–Crippen MR) is 85.0 cm³/mol. The highest BCUT2D eigenvalue weighted by atomic mass is 35.5. The van der Waals surface area contributed by atoms with Crippen LogP contribution in [0.1, 0.15) is 24.8 Å². The zero-order valence-electron chi connectivity index (χ0n) is 12.3. The zero-order valence-corrected chi connectivity index (χ0v) is 13.0. The summed E-state index contributed by atoms with van der Waals surface area (Å²) in [5.74, 6) is -0.266.